The number of halogens is 2. The summed E-state index contributed by atoms with van der Waals surface area (Å²) in [6, 6.07) is 7.81. The highest BCUT2D eigenvalue weighted by Gasteiger charge is 2.12. The summed E-state index contributed by atoms with van der Waals surface area (Å²) >= 11 is 5.77. The molecule has 0 fully saturated rings. The second kappa shape index (κ2) is 5.68. The summed E-state index contributed by atoms with van der Waals surface area (Å²) in [5.74, 6) is 0.0677. The van der Waals surface area contributed by atoms with E-state index in [0.717, 1.165) is 0 Å². The smallest absolute Gasteiger partial charge is 0.256 e. The Morgan fingerprint density at radius 3 is 2.79 bits per heavy atom. The lowest BCUT2D eigenvalue weighted by atomic mass is 10.1. The molecule has 19 heavy (non-hydrogen) atoms. The van der Waals surface area contributed by atoms with Crippen molar-refractivity contribution in [3.8, 4) is 17.0 Å². The number of pyridine rings is 1. The summed E-state index contributed by atoms with van der Waals surface area (Å²) in [5.41, 5.74) is 1.83. The van der Waals surface area contributed by atoms with Crippen LogP contribution in [-0.4, -0.2) is 12.1 Å². The van der Waals surface area contributed by atoms with Gasteiger partial charge in [-0.25, -0.2) is 15.9 Å². The van der Waals surface area contributed by atoms with Gasteiger partial charge in [0, 0.05) is 5.56 Å². The minimum Gasteiger partial charge on any atom is -0.494 e. The number of hydrogen-bond donors (Lipinski definition) is 0. The molecule has 5 heteroatoms. The van der Waals surface area contributed by atoms with Crippen molar-refractivity contribution in [2.45, 2.75) is 6.54 Å². The number of hydrogen-bond acceptors (Lipinski definition) is 2. The number of benzene rings is 1. The maximum Gasteiger partial charge on any atom is 0.256 e. The van der Waals surface area contributed by atoms with Crippen LogP contribution < -0.4 is 4.74 Å². The molecule has 0 atom stereocenters. The Hall–Kier alpha value is -2.12. The lowest BCUT2D eigenvalue weighted by Crippen LogP contribution is -1.95. The van der Waals surface area contributed by atoms with Gasteiger partial charge in [-0.15, -0.1) is 0 Å². The van der Waals surface area contributed by atoms with Gasteiger partial charge in [0.15, 0.2) is 0 Å². The first kappa shape index (κ1) is 13.3. The van der Waals surface area contributed by atoms with E-state index < -0.39 is 5.82 Å². The monoisotopic (exact) mass is 276 g/mol. The van der Waals surface area contributed by atoms with Crippen LogP contribution >= 0.6 is 11.6 Å². The minimum absolute atomic E-state index is 0.0249. The fraction of sp³-hybridized carbons (Fsp3) is 0.143. The third-order valence-electron chi connectivity index (χ3n) is 2.57. The van der Waals surface area contributed by atoms with Gasteiger partial charge in [0.25, 0.3) is 6.54 Å². The molecule has 0 N–H and O–H groups in total. The Balaban J connectivity index is 2.55. The molecule has 0 aliphatic heterocycles. The summed E-state index contributed by atoms with van der Waals surface area (Å²) in [7, 11) is 1.53. The zero-order valence-electron chi connectivity index (χ0n) is 10.2. The third-order valence-corrected chi connectivity index (χ3v) is 2.86. The van der Waals surface area contributed by atoms with E-state index in [1.165, 1.54) is 19.2 Å². The van der Waals surface area contributed by atoms with E-state index in [1.807, 2.05) is 0 Å². The van der Waals surface area contributed by atoms with Gasteiger partial charge in [0.2, 0.25) is 0 Å². The Kier molecular flexibility index (Phi) is 3.98. The van der Waals surface area contributed by atoms with Crippen LogP contribution in [0.25, 0.3) is 16.1 Å². The van der Waals surface area contributed by atoms with Gasteiger partial charge < -0.3 is 9.58 Å². The fourth-order valence-electron chi connectivity index (χ4n) is 1.67. The normalized spacial score (nSPS) is 10.0. The molecule has 96 valence electrons. The average molecular weight is 277 g/mol. The number of ether oxygens (including phenoxy) is 1. The molecule has 0 bridgehead atoms. The molecule has 1 aromatic heterocycles. The molecule has 0 unspecified atom stereocenters. The van der Waals surface area contributed by atoms with Crippen molar-refractivity contribution < 1.29 is 9.13 Å². The molecule has 1 heterocycles. The minimum atomic E-state index is -0.485. The summed E-state index contributed by atoms with van der Waals surface area (Å²) in [4.78, 5) is 7.64. The van der Waals surface area contributed by atoms with E-state index in [9.17, 15) is 4.39 Å². The maximum absolute atomic E-state index is 13.2. The van der Waals surface area contributed by atoms with Crippen molar-refractivity contribution in [2.75, 3.05) is 7.11 Å². The summed E-state index contributed by atoms with van der Waals surface area (Å²) in [6.07, 6.45) is 0. The number of nitrogens with zero attached hydrogens (tertiary/aromatic N) is 2. The molecule has 0 spiro atoms. The predicted octanol–water partition coefficient (Wildman–Crippen LogP) is 3.97. The van der Waals surface area contributed by atoms with Gasteiger partial charge in [-0.2, -0.15) is 0 Å². The second-order valence-corrected chi connectivity index (χ2v) is 4.21. The summed E-state index contributed by atoms with van der Waals surface area (Å²) in [6.45, 7) is 7.05. The molecule has 1 aromatic carbocycles. The van der Waals surface area contributed by atoms with Crippen LogP contribution in [0.1, 0.15) is 5.69 Å². The standard InChI is InChI=1S/C14H10ClFN2O/c1-17-8-10-4-6-13(19-2)14(18-10)9-3-5-12(16)11(15)7-9/h3-7H,8H2,2H3. The Morgan fingerprint density at radius 1 is 1.37 bits per heavy atom. The molecule has 0 saturated heterocycles. The lowest BCUT2D eigenvalue weighted by molar-refractivity contribution is 0.414. The van der Waals surface area contributed by atoms with Crippen molar-refractivity contribution >= 4 is 11.6 Å². The third kappa shape index (κ3) is 2.83. The second-order valence-electron chi connectivity index (χ2n) is 3.80. The molecule has 3 nitrogen and oxygen atoms in total. The van der Waals surface area contributed by atoms with Crippen LogP contribution in [0.15, 0.2) is 30.3 Å². The highest BCUT2D eigenvalue weighted by atomic mass is 35.5. The van der Waals surface area contributed by atoms with Crippen molar-refractivity contribution in [3.05, 3.63) is 58.3 Å². The highest BCUT2D eigenvalue weighted by molar-refractivity contribution is 6.31. The van der Waals surface area contributed by atoms with Crippen molar-refractivity contribution in [1.82, 2.24) is 4.98 Å². The first-order valence-electron chi connectivity index (χ1n) is 5.48. The molecule has 0 aliphatic rings. The molecular weight excluding hydrogens is 267 g/mol. The van der Waals surface area contributed by atoms with Crippen LogP contribution in [0.3, 0.4) is 0 Å². The fourth-order valence-corrected chi connectivity index (χ4v) is 1.85. The van der Waals surface area contributed by atoms with Crippen LogP contribution in [0.2, 0.25) is 5.02 Å². The molecular formula is C14H10ClFN2O. The van der Waals surface area contributed by atoms with E-state index in [0.29, 0.717) is 22.7 Å². The molecule has 2 aromatic rings. The topological polar surface area (TPSA) is 26.5 Å². The Morgan fingerprint density at radius 2 is 2.16 bits per heavy atom. The van der Waals surface area contributed by atoms with Crippen LogP contribution in [0, 0.1) is 12.4 Å². The largest absolute Gasteiger partial charge is 0.494 e. The lowest BCUT2D eigenvalue weighted by Gasteiger charge is -2.09. The Labute approximate surface area is 115 Å². The first-order chi connectivity index (χ1) is 9.15. The van der Waals surface area contributed by atoms with Crippen LogP contribution in [-0.2, 0) is 6.54 Å². The van der Waals surface area contributed by atoms with Crippen LogP contribution in [0.4, 0.5) is 4.39 Å². The van der Waals surface area contributed by atoms with E-state index >= 15 is 0 Å². The maximum atomic E-state index is 13.2. The Bertz CT molecular complexity index is 652. The predicted molar refractivity (Wildman–Crippen MR) is 71.5 cm³/mol. The van der Waals surface area contributed by atoms with E-state index in [2.05, 4.69) is 9.83 Å². The number of methoxy groups -OCH3 is 1. The molecule has 2 rings (SSSR count). The van der Waals surface area contributed by atoms with Crippen molar-refractivity contribution in [3.63, 3.8) is 0 Å². The van der Waals surface area contributed by atoms with Crippen molar-refractivity contribution in [2.24, 2.45) is 0 Å². The zero-order valence-corrected chi connectivity index (χ0v) is 10.9. The van der Waals surface area contributed by atoms with Crippen LogP contribution in [0.5, 0.6) is 5.75 Å². The summed E-state index contributed by atoms with van der Waals surface area (Å²) in [5, 5.41) is 0.0249. The zero-order chi connectivity index (χ0) is 13.8. The van der Waals surface area contributed by atoms with E-state index in [4.69, 9.17) is 22.9 Å². The van der Waals surface area contributed by atoms with Gasteiger partial charge in [0.05, 0.1) is 12.1 Å². The molecule has 0 saturated carbocycles. The SMILES string of the molecule is [C-]#[N+]Cc1ccc(OC)c(-c2ccc(F)c(Cl)c2)n1. The molecule has 0 radical (unpaired) electrons. The highest BCUT2D eigenvalue weighted by Crippen LogP contribution is 2.30. The number of aromatic nitrogens is 1. The summed E-state index contributed by atoms with van der Waals surface area (Å²) < 4.78 is 18.4. The quantitative estimate of drug-likeness (QED) is 0.793. The number of rotatable bonds is 3. The molecule has 0 amide bonds. The van der Waals surface area contributed by atoms with Gasteiger partial charge in [-0.1, -0.05) is 11.6 Å². The van der Waals surface area contributed by atoms with E-state index in [-0.39, 0.29) is 11.6 Å². The first-order valence-corrected chi connectivity index (χ1v) is 5.86. The van der Waals surface area contributed by atoms with Gasteiger partial charge in [-0.05, 0) is 30.3 Å². The molecule has 0 aliphatic carbocycles. The van der Waals surface area contributed by atoms with E-state index in [1.54, 1.807) is 18.2 Å². The van der Waals surface area contributed by atoms with Gasteiger partial charge in [-0.3, -0.25) is 0 Å². The van der Waals surface area contributed by atoms with Crippen molar-refractivity contribution in [1.29, 1.82) is 0 Å². The average Bonchev–Trinajstić information content (AvgIpc) is 2.42. The van der Waals surface area contributed by atoms with Gasteiger partial charge >= 0.3 is 0 Å². The van der Waals surface area contributed by atoms with Gasteiger partial charge in [0.1, 0.15) is 23.0 Å².